The van der Waals surface area contributed by atoms with Crippen molar-refractivity contribution in [3.8, 4) is 0 Å². The zero-order valence-corrected chi connectivity index (χ0v) is 9.75. The molecule has 0 unspecified atom stereocenters. The molecule has 0 heterocycles. The van der Waals surface area contributed by atoms with Gasteiger partial charge in [-0.15, -0.1) is 0 Å². The molecule has 0 atom stereocenters. The van der Waals surface area contributed by atoms with Crippen LogP contribution in [0.1, 0.15) is 34.1 Å². The summed E-state index contributed by atoms with van der Waals surface area (Å²) in [6.45, 7) is 10.3. The second-order valence-electron chi connectivity index (χ2n) is 4.31. The van der Waals surface area contributed by atoms with Crippen molar-refractivity contribution in [2.75, 3.05) is 6.61 Å². The Hall–Kier alpha value is -1.32. The van der Waals surface area contributed by atoms with Gasteiger partial charge in [0.1, 0.15) is 6.61 Å². The van der Waals surface area contributed by atoms with E-state index in [0.29, 0.717) is 5.76 Å². The molecule has 0 aliphatic heterocycles. The minimum atomic E-state index is -0.543. The van der Waals surface area contributed by atoms with E-state index in [1.54, 1.807) is 27.7 Å². The molecule has 4 nitrogen and oxygen atoms in total. The van der Waals surface area contributed by atoms with E-state index in [1.807, 2.05) is 0 Å². The van der Waals surface area contributed by atoms with E-state index in [-0.39, 0.29) is 19.0 Å². The SMILES string of the molecule is C=C(C)OC(=O)CCOC(=O)C(C)(C)C. The lowest BCUT2D eigenvalue weighted by molar-refractivity contribution is -0.154. The van der Waals surface area contributed by atoms with Crippen molar-refractivity contribution in [3.05, 3.63) is 12.3 Å². The van der Waals surface area contributed by atoms with Crippen LogP contribution in [0.2, 0.25) is 0 Å². The topological polar surface area (TPSA) is 52.6 Å². The smallest absolute Gasteiger partial charge is 0.314 e. The lowest BCUT2D eigenvalue weighted by Gasteiger charge is -2.16. The average Bonchev–Trinajstić information content (AvgIpc) is 2.00. The maximum absolute atomic E-state index is 11.3. The van der Waals surface area contributed by atoms with E-state index in [1.165, 1.54) is 0 Å². The van der Waals surface area contributed by atoms with Gasteiger partial charge >= 0.3 is 11.9 Å². The molecule has 0 aromatic rings. The van der Waals surface area contributed by atoms with Crippen molar-refractivity contribution in [2.24, 2.45) is 5.41 Å². The lowest BCUT2D eigenvalue weighted by Crippen LogP contribution is -2.24. The molecule has 0 aromatic heterocycles. The number of carbonyl (C=O) groups excluding carboxylic acids is 2. The molecule has 15 heavy (non-hydrogen) atoms. The van der Waals surface area contributed by atoms with Crippen molar-refractivity contribution < 1.29 is 19.1 Å². The molecule has 0 saturated carbocycles. The second kappa shape index (κ2) is 5.53. The first-order valence-electron chi connectivity index (χ1n) is 4.77. The zero-order chi connectivity index (χ0) is 12.1. The molecule has 0 aliphatic carbocycles. The Morgan fingerprint density at radius 1 is 1.27 bits per heavy atom. The summed E-state index contributed by atoms with van der Waals surface area (Å²) in [7, 11) is 0. The van der Waals surface area contributed by atoms with Crippen LogP contribution >= 0.6 is 0 Å². The van der Waals surface area contributed by atoms with Gasteiger partial charge in [0, 0.05) is 0 Å². The highest BCUT2D eigenvalue weighted by Crippen LogP contribution is 2.15. The first kappa shape index (κ1) is 13.7. The summed E-state index contributed by atoms with van der Waals surface area (Å²) >= 11 is 0. The van der Waals surface area contributed by atoms with E-state index in [4.69, 9.17) is 9.47 Å². The molecule has 0 aromatic carbocycles. The summed E-state index contributed by atoms with van der Waals surface area (Å²) in [6.07, 6.45) is 0.0503. The maximum atomic E-state index is 11.3. The number of hydrogen-bond acceptors (Lipinski definition) is 4. The van der Waals surface area contributed by atoms with Crippen molar-refractivity contribution in [3.63, 3.8) is 0 Å². The molecule has 0 saturated heterocycles. The lowest BCUT2D eigenvalue weighted by atomic mass is 9.97. The third kappa shape index (κ3) is 6.71. The fourth-order valence-corrected chi connectivity index (χ4v) is 0.689. The summed E-state index contributed by atoms with van der Waals surface area (Å²) in [4.78, 5) is 22.3. The Morgan fingerprint density at radius 2 is 1.80 bits per heavy atom. The molecule has 0 spiro atoms. The molecule has 0 bridgehead atoms. The standard InChI is InChI=1S/C11H18O4/c1-8(2)15-9(12)6-7-14-10(13)11(3,4)5/h1,6-7H2,2-5H3. The Labute approximate surface area is 90.2 Å². The zero-order valence-electron chi connectivity index (χ0n) is 9.75. The first-order valence-corrected chi connectivity index (χ1v) is 4.77. The van der Waals surface area contributed by atoms with Gasteiger partial charge in [0.2, 0.25) is 0 Å². The number of carbonyl (C=O) groups is 2. The van der Waals surface area contributed by atoms with Gasteiger partial charge in [0.05, 0.1) is 17.6 Å². The van der Waals surface area contributed by atoms with Gasteiger partial charge in [-0.25, -0.2) is 0 Å². The van der Waals surface area contributed by atoms with Crippen molar-refractivity contribution in [1.29, 1.82) is 0 Å². The third-order valence-corrected chi connectivity index (χ3v) is 1.44. The molecular formula is C11H18O4. The highest BCUT2D eigenvalue weighted by molar-refractivity contribution is 5.76. The Kier molecular flexibility index (Phi) is 5.05. The molecule has 0 aliphatic rings. The minimum Gasteiger partial charge on any atom is -0.465 e. The number of hydrogen-bond donors (Lipinski definition) is 0. The molecular weight excluding hydrogens is 196 g/mol. The molecule has 0 rings (SSSR count). The number of esters is 2. The first-order chi connectivity index (χ1) is 6.73. The Bertz CT molecular complexity index is 260. The molecule has 4 heteroatoms. The monoisotopic (exact) mass is 214 g/mol. The van der Waals surface area contributed by atoms with Crippen LogP contribution in [-0.4, -0.2) is 18.5 Å². The quantitative estimate of drug-likeness (QED) is 0.531. The van der Waals surface area contributed by atoms with Crippen LogP contribution in [0.4, 0.5) is 0 Å². The van der Waals surface area contributed by atoms with Crippen LogP contribution in [0.25, 0.3) is 0 Å². The minimum absolute atomic E-state index is 0.0439. The summed E-state index contributed by atoms with van der Waals surface area (Å²) in [5.74, 6) is -0.433. The van der Waals surface area contributed by atoms with Gasteiger partial charge < -0.3 is 9.47 Å². The molecule has 86 valence electrons. The predicted molar refractivity (Wildman–Crippen MR) is 55.9 cm³/mol. The molecule has 0 radical (unpaired) electrons. The van der Waals surface area contributed by atoms with E-state index >= 15 is 0 Å². The summed E-state index contributed by atoms with van der Waals surface area (Å²) in [5, 5.41) is 0. The second-order valence-corrected chi connectivity index (χ2v) is 4.31. The molecule has 0 amide bonds. The van der Waals surface area contributed by atoms with Crippen LogP contribution < -0.4 is 0 Å². The largest absolute Gasteiger partial charge is 0.465 e. The summed E-state index contributed by atoms with van der Waals surface area (Å²) < 4.78 is 9.58. The van der Waals surface area contributed by atoms with Crippen molar-refractivity contribution >= 4 is 11.9 Å². The maximum Gasteiger partial charge on any atom is 0.314 e. The average molecular weight is 214 g/mol. The number of allylic oxidation sites excluding steroid dienone is 1. The summed E-state index contributed by atoms with van der Waals surface area (Å²) in [5.41, 5.74) is -0.543. The fourth-order valence-electron chi connectivity index (χ4n) is 0.689. The van der Waals surface area contributed by atoms with Gasteiger partial charge in [-0.2, -0.15) is 0 Å². The summed E-state index contributed by atoms with van der Waals surface area (Å²) in [6, 6.07) is 0. The van der Waals surface area contributed by atoms with Crippen LogP contribution in [0.5, 0.6) is 0 Å². The fraction of sp³-hybridized carbons (Fsp3) is 0.636. The highest BCUT2D eigenvalue weighted by Gasteiger charge is 2.23. The van der Waals surface area contributed by atoms with Gasteiger partial charge in [-0.05, 0) is 27.7 Å². The predicted octanol–water partition coefficient (Wildman–Crippen LogP) is 2.04. The van der Waals surface area contributed by atoms with E-state index < -0.39 is 11.4 Å². The van der Waals surface area contributed by atoms with Gasteiger partial charge in [-0.1, -0.05) is 6.58 Å². The van der Waals surface area contributed by atoms with E-state index in [2.05, 4.69) is 6.58 Å². The van der Waals surface area contributed by atoms with E-state index in [9.17, 15) is 9.59 Å². The molecule has 0 fully saturated rings. The normalized spacial score (nSPS) is 10.7. The van der Waals surface area contributed by atoms with Gasteiger partial charge in [-0.3, -0.25) is 9.59 Å². The van der Waals surface area contributed by atoms with Crippen LogP contribution in [0, 0.1) is 5.41 Å². The van der Waals surface area contributed by atoms with Crippen LogP contribution in [0.15, 0.2) is 12.3 Å². The van der Waals surface area contributed by atoms with Crippen molar-refractivity contribution in [2.45, 2.75) is 34.1 Å². The van der Waals surface area contributed by atoms with Gasteiger partial charge in [0.15, 0.2) is 0 Å². The van der Waals surface area contributed by atoms with Crippen LogP contribution in [-0.2, 0) is 19.1 Å². The number of ether oxygens (including phenoxy) is 2. The Balaban J connectivity index is 3.76. The number of rotatable bonds is 4. The van der Waals surface area contributed by atoms with Gasteiger partial charge in [0.25, 0.3) is 0 Å². The van der Waals surface area contributed by atoms with Crippen molar-refractivity contribution in [1.82, 2.24) is 0 Å². The Morgan fingerprint density at radius 3 is 2.20 bits per heavy atom. The van der Waals surface area contributed by atoms with E-state index in [0.717, 1.165) is 0 Å². The van der Waals surface area contributed by atoms with Crippen LogP contribution in [0.3, 0.4) is 0 Å². The third-order valence-electron chi connectivity index (χ3n) is 1.44. The highest BCUT2D eigenvalue weighted by atomic mass is 16.6. The molecule has 0 N–H and O–H groups in total.